The van der Waals surface area contributed by atoms with E-state index in [1.165, 1.54) is 0 Å². The number of carbonyl (C=O) groups is 1. The van der Waals surface area contributed by atoms with Gasteiger partial charge in [0.2, 0.25) is 0 Å². The molecule has 0 aliphatic carbocycles. The largest absolute Gasteiger partial charge is 0.393 e. The summed E-state index contributed by atoms with van der Waals surface area (Å²) in [5.41, 5.74) is 1.43. The van der Waals surface area contributed by atoms with Crippen molar-refractivity contribution in [3.05, 3.63) is 17.5 Å². The zero-order chi connectivity index (χ0) is 12.8. The van der Waals surface area contributed by atoms with Gasteiger partial charge >= 0.3 is 0 Å². The second-order valence-electron chi connectivity index (χ2n) is 4.12. The lowest BCUT2D eigenvalue weighted by atomic mass is 10.2. The Labute approximate surface area is 102 Å². The summed E-state index contributed by atoms with van der Waals surface area (Å²) in [4.78, 5) is 11.9. The maximum Gasteiger partial charge on any atom is 0.254 e. The third kappa shape index (κ3) is 3.85. The molecule has 96 valence electrons. The first kappa shape index (κ1) is 13.7. The fourth-order valence-electron chi connectivity index (χ4n) is 1.64. The van der Waals surface area contributed by atoms with Crippen LogP contribution in [-0.2, 0) is 13.5 Å². The zero-order valence-corrected chi connectivity index (χ0v) is 10.7. The molecule has 1 aromatic heterocycles. The molecule has 1 unspecified atom stereocenters. The average Bonchev–Trinajstić information content (AvgIpc) is 2.70. The standard InChI is InChI=1S/C12H21N3O2/c1-4-9(16)6-7-13-12(17)10-8-15(3)14-11(10)5-2/h8-9,16H,4-7H2,1-3H3,(H,13,17). The minimum Gasteiger partial charge on any atom is -0.393 e. The van der Waals surface area contributed by atoms with Gasteiger partial charge in [0, 0.05) is 19.8 Å². The molecule has 0 saturated heterocycles. The van der Waals surface area contributed by atoms with Gasteiger partial charge < -0.3 is 10.4 Å². The number of nitrogens with zero attached hydrogens (tertiary/aromatic N) is 2. The van der Waals surface area contributed by atoms with Gasteiger partial charge in [-0.15, -0.1) is 0 Å². The fourth-order valence-corrected chi connectivity index (χ4v) is 1.64. The number of carbonyl (C=O) groups excluding carboxylic acids is 1. The highest BCUT2D eigenvalue weighted by Crippen LogP contribution is 2.07. The number of aromatic nitrogens is 2. The first-order valence-corrected chi connectivity index (χ1v) is 6.07. The number of aliphatic hydroxyl groups excluding tert-OH is 1. The van der Waals surface area contributed by atoms with Gasteiger partial charge in [0.05, 0.1) is 17.4 Å². The SMILES string of the molecule is CCc1nn(C)cc1C(=O)NCCC(O)CC. The molecule has 0 aliphatic heterocycles. The van der Waals surface area contributed by atoms with Crippen LogP contribution >= 0.6 is 0 Å². The molecule has 2 N–H and O–H groups in total. The van der Waals surface area contributed by atoms with Crippen LogP contribution in [0.5, 0.6) is 0 Å². The van der Waals surface area contributed by atoms with Crippen molar-refractivity contribution in [1.82, 2.24) is 15.1 Å². The van der Waals surface area contributed by atoms with E-state index in [0.717, 1.165) is 12.1 Å². The van der Waals surface area contributed by atoms with Crippen molar-refractivity contribution in [3.8, 4) is 0 Å². The predicted octanol–water partition coefficient (Wildman–Crippen LogP) is 0.873. The van der Waals surface area contributed by atoms with E-state index in [0.29, 0.717) is 24.9 Å². The molecule has 1 rings (SSSR count). The molecule has 1 amide bonds. The maximum atomic E-state index is 11.9. The van der Waals surface area contributed by atoms with Crippen molar-refractivity contribution < 1.29 is 9.90 Å². The second kappa shape index (κ2) is 6.39. The minimum absolute atomic E-state index is 0.113. The lowest BCUT2D eigenvalue weighted by Crippen LogP contribution is -2.27. The van der Waals surface area contributed by atoms with Gasteiger partial charge in [0.25, 0.3) is 5.91 Å². The van der Waals surface area contributed by atoms with Crippen LogP contribution in [0.3, 0.4) is 0 Å². The van der Waals surface area contributed by atoms with E-state index in [2.05, 4.69) is 10.4 Å². The number of hydrogen-bond acceptors (Lipinski definition) is 3. The third-order valence-electron chi connectivity index (χ3n) is 2.72. The molecule has 17 heavy (non-hydrogen) atoms. The van der Waals surface area contributed by atoms with E-state index in [9.17, 15) is 9.90 Å². The number of hydrogen-bond donors (Lipinski definition) is 2. The monoisotopic (exact) mass is 239 g/mol. The Bertz CT molecular complexity index is 374. The van der Waals surface area contributed by atoms with Gasteiger partial charge in [-0.25, -0.2) is 0 Å². The Morgan fingerprint density at radius 2 is 2.29 bits per heavy atom. The third-order valence-corrected chi connectivity index (χ3v) is 2.72. The summed E-state index contributed by atoms with van der Waals surface area (Å²) >= 11 is 0. The van der Waals surface area contributed by atoms with Gasteiger partial charge in [-0.2, -0.15) is 5.10 Å². The molecule has 1 atom stereocenters. The van der Waals surface area contributed by atoms with Crippen molar-refractivity contribution in [3.63, 3.8) is 0 Å². The van der Waals surface area contributed by atoms with Crippen LogP contribution in [0.25, 0.3) is 0 Å². The minimum atomic E-state index is -0.338. The molecule has 0 fully saturated rings. The molecule has 0 bridgehead atoms. The molecule has 0 radical (unpaired) electrons. The van der Waals surface area contributed by atoms with Gasteiger partial charge in [0.15, 0.2) is 0 Å². The quantitative estimate of drug-likeness (QED) is 0.774. The summed E-state index contributed by atoms with van der Waals surface area (Å²) in [6.45, 7) is 4.38. The number of rotatable bonds is 6. The van der Waals surface area contributed by atoms with Crippen LogP contribution in [0.2, 0.25) is 0 Å². The summed E-state index contributed by atoms with van der Waals surface area (Å²) < 4.78 is 1.65. The van der Waals surface area contributed by atoms with Gasteiger partial charge in [-0.05, 0) is 19.3 Å². The van der Waals surface area contributed by atoms with Crippen LogP contribution in [0.4, 0.5) is 0 Å². The molecule has 1 aromatic rings. The fraction of sp³-hybridized carbons (Fsp3) is 0.667. The van der Waals surface area contributed by atoms with Crippen molar-refractivity contribution >= 4 is 5.91 Å². The maximum absolute atomic E-state index is 11.9. The second-order valence-corrected chi connectivity index (χ2v) is 4.12. The van der Waals surface area contributed by atoms with Crippen molar-refractivity contribution in [2.75, 3.05) is 6.54 Å². The Morgan fingerprint density at radius 1 is 1.59 bits per heavy atom. The van der Waals surface area contributed by atoms with E-state index in [-0.39, 0.29) is 12.0 Å². The molecule has 5 nitrogen and oxygen atoms in total. The van der Waals surface area contributed by atoms with Gasteiger partial charge in [-0.3, -0.25) is 9.48 Å². The number of amides is 1. The van der Waals surface area contributed by atoms with Crippen LogP contribution in [0.15, 0.2) is 6.20 Å². The Kier molecular flexibility index (Phi) is 5.15. The first-order valence-electron chi connectivity index (χ1n) is 6.07. The van der Waals surface area contributed by atoms with E-state index < -0.39 is 0 Å². The Balaban J connectivity index is 2.52. The van der Waals surface area contributed by atoms with E-state index >= 15 is 0 Å². The summed E-state index contributed by atoms with van der Waals surface area (Å²) in [6.07, 6.45) is 3.42. The zero-order valence-electron chi connectivity index (χ0n) is 10.7. The molecular formula is C12H21N3O2. The molecule has 1 heterocycles. The molecule has 0 aliphatic rings. The summed E-state index contributed by atoms with van der Waals surface area (Å²) in [5, 5.41) is 16.4. The first-order chi connectivity index (χ1) is 8.08. The normalized spacial score (nSPS) is 12.5. The van der Waals surface area contributed by atoms with Crippen molar-refractivity contribution in [1.29, 1.82) is 0 Å². The van der Waals surface area contributed by atoms with E-state index in [1.807, 2.05) is 13.8 Å². The highest BCUT2D eigenvalue weighted by molar-refractivity contribution is 5.95. The topological polar surface area (TPSA) is 67.2 Å². The van der Waals surface area contributed by atoms with Crippen LogP contribution in [-0.4, -0.2) is 33.4 Å². The molecule has 0 saturated carbocycles. The van der Waals surface area contributed by atoms with E-state index in [4.69, 9.17) is 0 Å². The molecule has 5 heteroatoms. The molecule has 0 spiro atoms. The van der Waals surface area contributed by atoms with E-state index in [1.54, 1.807) is 17.9 Å². The number of aliphatic hydroxyl groups is 1. The Morgan fingerprint density at radius 3 is 2.88 bits per heavy atom. The van der Waals surface area contributed by atoms with Crippen LogP contribution in [0, 0.1) is 0 Å². The van der Waals surface area contributed by atoms with Crippen LogP contribution < -0.4 is 5.32 Å². The summed E-state index contributed by atoms with van der Waals surface area (Å²) in [5.74, 6) is -0.113. The Hall–Kier alpha value is -1.36. The number of aryl methyl sites for hydroxylation is 2. The van der Waals surface area contributed by atoms with Crippen molar-refractivity contribution in [2.24, 2.45) is 7.05 Å². The average molecular weight is 239 g/mol. The molecule has 0 aromatic carbocycles. The smallest absolute Gasteiger partial charge is 0.254 e. The molecular weight excluding hydrogens is 218 g/mol. The van der Waals surface area contributed by atoms with Crippen molar-refractivity contribution in [2.45, 2.75) is 39.2 Å². The highest BCUT2D eigenvalue weighted by atomic mass is 16.3. The number of nitrogens with one attached hydrogen (secondary N) is 1. The lowest BCUT2D eigenvalue weighted by Gasteiger charge is -2.08. The van der Waals surface area contributed by atoms with Gasteiger partial charge in [-0.1, -0.05) is 13.8 Å². The predicted molar refractivity (Wildman–Crippen MR) is 65.8 cm³/mol. The highest BCUT2D eigenvalue weighted by Gasteiger charge is 2.13. The van der Waals surface area contributed by atoms with Gasteiger partial charge in [0.1, 0.15) is 0 Å². The summed E-state index contributed by atoms with van der Waals surface area (Å²) in [7, 11) is 1.80. The lowest BCUT2D eigenvalue weighted by molar-refractivity contribution is 0.0941. The van der Waals surface area contributed by atoms with Crippen LogP contribution in [0.1, 0.15) is 42.7 Å². The summed E-state index contributed by atoms with van der Waals surface area (Å²) in [6, 6.07) is 0.